The van der Waals surface area contributed by atoms with E-state index in [1.807, 2.05) is 0 Å². The molecule has 0 saturated heterocycles. The first-order chi connectivity index (χ1) is 10.2. The van der Waals surface area contributed by atoms with Gasteiger partial charge >= 0.3 is 0 Å². The lowest BCUT2D eigenvalue weighted by atomic mass is 10.2. The van der Waals surface area contributed by atoms with Gasteiger partial charge in [0.2, 0.25) is 0 Å². The van der Waals surface area contributed by atoms with Crippen molar-refractivity contribution in [2.45, 2.75) is 0 Å². The van der Waals surface area contributed by atoms with Gasteiger partial charge in [0.1, 0.15) is 0 Å². The highest BCUT2D eigenvalue weighted by Crippen LogP contribution is 2.34. The van der Waals surface area contributed by atoms with Crippen LogP contribution in [0.15, 0.2) is 60.6 Å². The smallest absolute Gasteiger partial charge is 0.155 e. The average Bonchev–Trinajstić information content (AvgIpc) is 2.53. The van der Waals surface area contributed by atoms with Crippen molar-refractivity contribution in [1.82, 2.24) is 0 Å². The summed E-state index contributed by atoms with van der Waals surface area (Å²) in [7, 11) is 0. The molecule has 2 aromatic rings. The molecule has 3 N–H and O–H groups in total. The number of aldehydes is 1. The number of benzene rings is 2. The molecule has 1 heterocycles. The van der Waals surface area contributed by atoms with E-state index in [1.165, 1.54) is 6.20 Å². The fraction of sp³-hybridized carbons (Fsp3) is 0. The number of fused-ring (bicyclic) bond motifs is 1. The second-order valence-electron chi connectivity index (χ2n) is 4.49. The first-order valence-corrected chi connectivity index (χ1v) is 6.30. The summed E-state index contributed by atoms with van der Waals surface area (Å²) in [5.41, 5.74) is 1.86. The minimum absolute atomic E-state index is 0.227. The van der Waals surface area contributed by atoms with Crippen LogP contribution in [0, 0.1) is 0 Å². The fourth-order valence-corrected chi connectivity index (χ4v) is 2.14. The molecule has 0 aromatic heterocycles. The minimum atomic E-state index is 0.227. The lowest BCUT2D eigenvalue weighted by Crippen LogP contribution is -2.31. The average molecular weight is 283 g/mol. The number of anilines is 3. The summed E-state index contributed by atoms with van der Waals surface area (Å²) >= 11 is 0. The van der Waals surface area contributed by atoms with Gasteiger partial charge in [0.25, 0.3) is 0 Å². The Labute approximate surface area is 121 Å². The molecule has 0 bridgehead atoms. The first kappa shape index (κ1) is 13.2. The molecule has 2 aromatic carbocycles. The molecule has 0 aliphatic carbocycles. The second-order valence-corrected chi connectivity index (χ2v) is 4.49. The third-order valence-corrected chi connectivity index (χ3v) is 3.18. The maximum atomic E-state index is 11.0. The molecule has 0 unspecified atom stereocenters. The summed E-state index contributed by atoms with van der Waals surface area (Å²) in [6.07, 6.45) is 2.04. The second kappa shape index (κ2) is 5.28. The van der Waals surface area contributed by atoms with Crippen molar-refractivity contribution in [2.75, 3.05) is 15.4 Å². The van der Waals surface area contributed by atoms with Crippen LogP contribution in [0.5, 0.6) is 0 Å². The number of carbonyl (C=O) groups excluding carboxylic acids is 1. The van der Waals surface area contributed by atoms with E-state index >= 15 is 0 Å². The third kappa shape index (κ3) is 2.33. The zero-order valence-corrected chi connectivity index (χ0v) is 11.0. The quantitative estimate of drug-likeness (QED) is 0.752. The monoisotopic (exact) mass is 283 g/mol. The molecule has 3 rings (SSSR count). The zero-order chi connectivity index (χ0) is 14.8. The molecule has 0 spiro atoms. The third-order valence-electron chi connectivity index (χ3n) is 3.18. The van der Waals surface area contributed by atoms with Gasteiger partial charge in [-0.25, -0.2) is 10.1 Å². The van der Waals surface area contributed by atoms with Crippen LogP contribution in [0.2, 0.25) is 0 Å². The molecule has 6 heteroatoms. The normalized spacial score (nSPS) is 13.5. The topological polar surface area (TPSA) is 76.0 Å². The number of para-hydroxylation sites is 3. The molecule has 106 valence electrons. The summed E-state index contributed by atoms with van der Waals surface area (Å²) in [5, 5.41) is 25.0. The molecule has 21 heavy (non-hydrogen) atoms. The fourth-order valence-electron chi connectivity index (χ4n) is 2.14. The molecule has 1 aliphatic rings. The van der Waals surface area contributed by atoms with Crippen molar-refractivity contribution in [3.05, 3.63) is 66.1 Å². The van der Waals surface area contributed by atoms with Gasteiger partial charge in [-0.2, -0.15) is 0 Å². The van der Waals surface area contributed by atoms with Crippen molar-refractivity contribution in [3.8, 4) is 0 Å². The summed E-state index contributed by atoms with van der Waals surface area (Å²) in [6.45, 7) is 0. The summed E-state index contributed by atoms with van der Waals surface area (Å²) in [6, 6.07) is 13.7. The number of nitrogens with one attached hydrogen (secondary N) is 1. The predicted octanol–water partition coefficient (Wildman–Crippen LogP) is 2.81. The van der Waals surface area contributed by atoms with Crippen LogP contribution in [0.4, 0.5) is 17.1 Å². The van der Waals surface area contributed by atoms with Crippen LogP contribution in [0.1, 0.15) is 10.4 Å². The minimum Gasteiger partial charge on any atom is -0.338 e. The van der Waals surface area contributed by atoms with Gasteiger partial charge < -0.3 is 5.32 Å². The standard InChI is InChI=1S/C15H13N3O3/c19-10-11-5-1-2-6-12(11)16-15-9-17(20)13-7-3-4-8-14(13)18(15)21/h1-10,16,20-21H. The van der Waals surface area contributed by atoms with Gasteiger partial charge in [-0.1, -0.05) is 24.3 Å². The lowest BCUT2D eigenvalue weighted by Gasteiger charge is -2.31. The Balaban J connectivity index is 1.95. The van der Waals surface area contributed by atoms with Gasteiger partial charge in [0.05, 0.1) is 23.3 Å². The van der Waals surface area contributed by atoms with E-state index < -0.39 is 0 Å². The SMILES string of the molecule is O=Cc1ccccc1NC1=CN(O)c2ccccc2N1O. The Morgan fingerprint density at radius 2 is 1.62 bits per heavy atom. The summed E-state index contributed by atoms with van der Waals surface area (Å²) in [4.78, 5) is 11.0. The molecular formula is C15H13N3O3. The highest BCUT2D eigenvalue weighted by Gasteiger charge is 2.22. The maximum Gasteiger partial charge on any atom is 0.155 e. The number of carbonyl (C=O) groups is 1. The Hall–Kier alpha value is -2.83. The summed E-state index contributed by atoms with van der Waals surface area (Å²) < 4.78 is 0. The molecule has 0 atom stereocenters. The number of hydroxylamine groups is 2. The highest BCUT2D eigenvalue weighted by molar-refractivity contribution is 5.85. The van der Waals surface area contributed by atoms with Crippen molar-refractivity contribution in [3.63, 3.8) is 0 Å². The van der Waals surface area contributed by atoms with Crippen molar-refractivity contribution in [2.24, 2.45) is 0 Å². The van der Waals surface area contributed by atoms with Gasteiger partial charge in [0.15, 0.2) is 12.1 Å². The van der Waals surface area contributed by atoms with Crippen molar-refractivity contribution >= 4 is 23.3 Å². The first-order valence-electron chi connectivity index (χ1n) is 6.30. The van der Waals surface area contributed by atoms with Crippen LogP contribution in [-0.4, -0.2) is 16.7 Å². The molecule has 6 nitrogen and oxygen atoms in total. The lowest BCUT2D eigenvalue weighted by molar-refractivity contribution is 0.112. The molecule has 0 saturated carbocycles. The predicted molar refractivity (Wildman–Crippen MR) is 78.5 cm³/mol. The molecular weight excluding hydrogens is 270 g/mol. The molecule has 1 aliphatic heterocycles. The van der Waals surface area contributed by atoms with E-state index in [9.17, 15) is 15.2 Å². The van der Waals surface area contributed by atoms with Crippen LogP contribution in [0.3, 0.4) is 0 Å². The number of nitrogens with zero attached hydrogens (tertiary/aromatic N) is 2. The van der Waals surface area contributed by atoms with E-state index in [-0.39, 0.29) is 5.82 Å². The van der Waals surface area contributed by atoms with Gasteiger partial charge in [0, 0.05) is 5.56 Å². The largest absolute Gasteiger partial charge is 0.338 e. The van der Waals surface area contributed by atoms with E-state index in [1.54, 1.807) is 48.5 Å². The van der Waals surface area contributed by atoms with E-state index in [4.69, 9.17) is 0 Å². The van der Waals surface area contributed by atoms with Gasteiger partial charge in [-0.05, 0) is 24.3 Å². The molecule has 0 radical (unpaired) electrons. The van der Waals surface area contributed by atoms with Gasteiger partial charge in [-0.3, -0.25) is 15.2 Å². The highest BCUT2D eigenvalue weighted by atomic mass is 16.5. The van der Waals surface area contributed by atoms with Crippen molar-refractivity contribution in [1.29, 1.82) is 0 Å². The zero-order valence-electron chi connectivity index (χ0n) is 11.0. The summed E-state index contributed by atoms with van der Waals surface area (Å²) in [5.74, 6) is 0.227. The van der Waals surface area contributed by atoms with Crippen molar-refractivity contribution < 1.29 is 15.2 Å². The van der Waals surface area contributed by atoms with Crippen LogP contribution in [0.25, 0.3) is 0 Å². The Morgan fingerprint density at radius 3 is 2.38 bits per heavy atom. The number of rotatable bonds is 3. The molecule has 0 fully saturated rings. The molecule has 0 amide bonds. The van der Waals surface area contributed by atoms with E-state index in [0.29, 0.717) is 22.6 Å². The Kier molecular flexibility index (Phi) is 3.31. The Bertz CT molecular complexity index is 715. The Morgan fingerprint density at radius 1 is 0.952 bits per heavy atom. The van der Waals surface area contributed by atoms with Crippen LogP contribution in [-0.2, 0) is 0 Å². The number of hydrogen-bond acceptors (Lipinski definition) is 6. The van der Waals surface area contributed by atoms with E-state index in [0.717, 1.165) is 16.4 Å². The number of hydrogen-bond donors (Lipinski definition) is 3. The maximum absolute atomic E-state index is 11.0. The van der Waals surface area contributed by atoms with E-state index in [2.05, 4.69) is 5.32 Å². The van der Waals surface area contributed by atoms with Gasteiger partial charge in [-0.15, -0.1) is 0 Å². The van der Waals surface area contributed by atoms with Crippen LogP contribution >= 0.6 is 0 Å². The van der Waals surface area contributed by atoms with Crippen LogP contribution < -0.4 is 15.4 Å².